The Morgan fingerprint density at radius 3 is 2.20 bits per heavy atom. The summed E-state index contributed by atoms with van der Waals surface area (Å²) in [5.74, 6) is 2.10. The van der Waals surface area contributed by atoms with Crippen LogP contribution in [0, 0.1) is 12.8 Å². The van der Waals surface area contributed by atoms with Crippen LogP contribution in [0.5, 0.6) is 0 Å². The fourth-order valence-electron chi connectivity index (χ4n) is 8.23. The summed E-state index contributed by atoms with van der Waals surface area (Å²) in [6, 6.07) is 16.0. The fourth-order valence-corrected chi connectivity index (χ4v) is 9.39. The van der Waals surface area contributed by atoms with Crippen molar-refractivity contribution in [2.75, 3.05) is 87.5 Å². The van der Waals surface area contributed by atoms with Crippen molar-refractivity contribution in [3.05, 3.63) is 64.8 Å². The van der Waals surface area contributed by atoms with Crippen LogP contribution >= 0.6 is 23.4 Å². The molecule has 0 bridgehead atoms. The summed E-state index contributed by atoms with van der Waals surface area (Å²) in [6.45, 7) is 17.5. The molecule has 11 heteroatoms. The van der Waals surface area contributed by atoms with Crippen LogP contribution in [0.25, 0.3) is 0 Å². The second-order valence-corrected chi connectivity index (χ2v) is 16.9. The van der Waals surface area contributed by atoms with Crippen molar-refractivity contribution >= 4 is 40.7 Å². The molecule has 1 aromatic heterocycles. The molecule has 0 radical (unpaired) electrons. The zero-order chi connectivity index (χ0) is 34.7. The standard InChI is InChI=1S/C39H56ClN9S/c1-29-6-8-30(9-7-29)27-45-16-10-31(11-17-45)28-46-18-12-32(13-19-46)47-22-24-48(25-23-47)33-4-3-5-34(36(33)40)50-38-37(41)44-35(26-43-38)49-20-14-39(2,42)15-21-49/h3-9,26,31-32H,10-25,27-28,42H2,1-2H3,(H2,41,44). The van der Waals surface area contributed by atoms with E-state index in [9.17, 15) is 0 Å². The molecular weight excluding hydrogens is 662 g/mol. The van der Waals surface area contributed by atoms with Gasteiger partial charge in [0, 0.05) is 68.8 Å². The minimum atomic E-state index is -0.113. The van der Waals surface area contributed by atoms with Gasteiger partial charge in [0.15, 0.2) is 5.82 Å². The maximum absolute atomic E-state index is 7.06. The molecule has 0 amide bonds. The molecule has 4 fully saturated rings. The van der Waals surface area contributed by atoms with Crippen LogP contribution in [-0.2, 0) is 6.54 Å². The first-order valence-electron chi connectivity index (χ1n) is 18.8. The number of nitrogens with zero attached hydrogens (tertiary/aromatic N) is 7. The highest BCUT2D eigenvalue weighted by molar-refractivity contribution is 7.99. The lowest BCUT2D eigenvalue weighted by atomic mass is 9.91. The topological polar surface area (TPSA) is 94.0 Å². The number of nitrogens with two attached hydrogens (primary N) is 2. The van der Waals surface area contributed by atoms with Crippen molar-refractivity contribution in [2.45, 2.75) is 80.4 Å². The quantitative estimate of drug-likeness (QED) is 0.275. The largest absolute Gasteiger partial charge is 0.381 e. The molecule has 50 heavy (non-hydrogen) atoms. The Hall–Kier alpha value is -2.60. The van der Waals surface area contributed by atoms with E-state index in [4.69, 9.17) is 33.0 Å². The van der Waals surface area contributed by atoms with Gasteiger partial charge in [-0.25, -0.2) is 9.97 Å². The number of anilines is 3. The number of piperidine rings is 3. The highest BCUT2D eigenvalue weighted by Gasteiger charge is 2.31. The van der Waals surface area contributed by atoms with Crippen molar-refractivity contribution in [1.29, 1.82) is 0 Å². The first kappa shape index (κ1) is 35.8. The third kappa shape index (κ3) is 8.88. The summed E-state index contributed by atoms with van der Waals surface area (Å²) in [6.07, 6.45) is 8.91. The van der Waals surface area contributed by atoms with E-state index in [0.717, 1.165) is 86.0 Å². The van der Waals surface area contributed by atoms with Crippen molar-refractivity contribution in [3.63, 3.8) is 0 Å². The van der Waals surface area contributed by atoms with E-state index in [1.165, 1.54) is 81.3 Å². The van der Waals surface area contributed by atoms with Crippen LogP contribution in [0.15, 0.2) is 58.6 Å². The van der Waals surface area contributed by atoms with Gasteiger partial charge in [-0.05, 0) is 102 Å². The average molecular weight is 718 g/mol. The first-order chi connectivity index (χ1) is 24.2. The van der Waals surface area contributed by atoms with Crippen molar-refractivity contribution in [2.24, 2.45) is 11.7 Å². The summed E-state index contributed by atoms with van der Waals surface area (Å²) in [5, 5.41) is 1.46. The van der Waals surface area contributed by atoms with Crippen LogP contribution in [0.3, 0.4) is 0 Å². The Kier molecular flexibility index (Phi) is 11.4. The molecule has 4 saturated heterocycles. The van der Waals surface area contributed by atoms with Crippen LogP contribution in [-0.4, -0.2) is 108 Å². The number of hydrogen-bond acceptors (Lipinski definition) is 10. The van der Waals surface area contributed by atoms with Gasteiger partial charge < -0.3 is 26.2 Å². The number of aryl methyl sites for hydroxylation is 1. The molecule has 0 spiro atoms. The minimum absolute atomic E-state index is 0.113. The van der Waals surface area contributed by atoms with Gasteiger partial charge >= 0.3 is 0 Å². The van der Waals surface area contributed by atoms with Crippen molar-refractivity contribution in [3.8, 4) is 0 Å². The lowest BCUT2D eigenvalue weighted by Crippen LogP contribution is -2.53. The lowest BCUT2D eigenvalue weighted by molar-refractivity contribution is 0.0810. The molecule has 270 valence electrons. The van der Waals surface area contributed by atoms with Gasteiger partial charge in [0.2, 0.25) is 0 Å². The molecule has 0 saturated carbocycles. The van der Waals surface area contributed by atoms with E-state index in [1.807, 2.05) is 6.20 Å². The lowest BCUT2D eigenvalue weighted by Gasteiger charge is -2.44. The Balaban J connectivity index is 0.849. The first-order valence-corrected chi connectivity index (χ1v) is 20.0. The fraction of sp³-hybridized carbons (Fsp3) is 0.590. The molecule has 9 nitrogen and oxygen atoms in total. The molecule has 0 unspecified atom stereocenters. The van der Waals surface area contributed by atoms with Crippen molar-refractivity contribution < 1.29 is 0 Å². The van der Waals surface area contributed by atoms with Crippen molar-refractivity contribution in [1.82, 2.24) is 24.7 Å². The Morgan fingerprint density at radius 2 is 1.52 bits per heavy atom. The van der Waals surface area contributed by atoms with E-state index in [1.54, 1.807) is 0 Å². The Morgan fingerprint density at radius 1 is 0.840 bits per heavy atom. The van der Waals surface area contributed by atoms with Gasteiger partial charge in [-0.1, -0.05) is 59.3 Å². The van der Waals surface area contributed by atoms with Gasteiger partial charge in [0.1, 0.15) is 10.8 Å². The second kappa shape index (κ2) is 16.0. The molecule has 3 aromatic rings. The van der Waals surface area contributed by atoms with E-state index in [0.29, 0.717) is 16.9 Å². The van der Waals surface area contributed by atoms with Gasteiger partial charge in [0.25, 0.3) is 0 Å². The molecule has 4 aliphatic heterocycles. The van der Waals surface area contributed by atoms with E-state index >= 15 is 0 Å². The number of halogens is 1. The summed E-state index contributed by atoms with van der Waals surface area (Å²) >= 11 is 8.56. The molecule has 2 aromatic carbocycles. The minimum Gasteiger partial charge on any atom is -0.381 e. The second-order valence-electron chi connectivity index (χ2n) is 15.5. The summed E-state index contributed by atoms with van der Waals surface area (Å²) in [4.78, 5) is 23.2. The van der Waals surface area contributed by atoms with Crippen LogP contribution in [0.4, 0.5) is 17.3 Å². The molecule has 4 aliphatic rings. The van der Waals surface area contributed by atoms with Crippen LogP contribution in [0.1, 0.15) is 56.6 Å². The number of aromatic nitrogens is 2. The highest BCUT2D eigenvalue weighted by atomic mass is 35.5. The number of rotatable bonds is 9. The van der Waals surface area contributed by atoms with E-state index in [2.05, 4.69) is 80.8 Å². The van der Waals surface area contributed by atoms with Gasteiger partial charge in [-0.3, -0.25) is 9.80 Å². The molecule has 4 N–H and O–H groups in total. The SMILES string of the molecule is Cc1ccc(CN2CCC(CN3CCC(N4CCN(c5cccc(Sc6ncc(N7CCC(C)(N)CC7)nc6N)c5Cl)CC4)CC3)CC2)cc1. The molecule has 0 atom stereocenters. The van der Waals surface area contributed by atoms with Crippen LogP contribution < -0.4 is 21.3 Å². The molecule has 7 rings (SSSR count). The van der Waals surface area contributed by atoms with Crippen LogP contribution in [0.2, 0.25) is 5.02 Å². The van der Waals surface area contributed by atoms with E-state index in [-0.39, 0.29) is 5.54 Å². The monoisotopic (exact) mass is 717 g/mol. The number of hydrogen-bond donors (Lipinski definition) is 2. The van der Waals surface area contributed by atoms with Gasteiger partial charge in [-0.2, -0.15) is 0 Å². The summed E-state index contributed by atoms with van der Waals surface area (Å²) < 4.78 is 0. The normalized spacial score (nSPS) is 21.9. The maximum atomic E-state index is 7.06. The summed E-state index contributed by atoms with van der Waals surface area (Å²) in [5.41, 5.74) is 16.5. The maximum Gasteiger partial charge on any atom is 0.158 e. The van der Waals surface area contributed by atoms with Gasteiger partial charge in [-0.15, -0.1) is 0 Å². The molecule has 5 heterocycles. The number of likely N-dealkylation sites (tertiary alicyclic amines) is 2. The third-order valence-corrected chi connectivity index (χ3v) is 13.2. The highest BCUT2D eigenvalue weighted by Crippen LogP contribution is 2.40. The number of nitrogen functional groups attached to an aromatic ring is 1. The molecular formula is C39H56ClN9S. The Labute approximate surface area is 308 Å². The predicted octanol–water partition coefficient (Wildman–Crippen LogP) is 5.99. The molecule has 0 aliphatic carbocycles. The average Bonchev–Trinajstić information content (AvgIpc) is 3.12. The zero-order valence-electron chi connectivity index (χ0n) is 30.1. The zero-order valence-corrected chi connectivity index (χ0v) is 31.6. The Bertz CT molecular complexity index is 1550. The summed E-state index contributed by atoms with van der Waals surface area (Å²) in [7, 11) is 0. The number of benzene rings is 2. The smallest absolute Gasteiger partial charge is 0.158 e. The third-order valence-electron chi connectivity index (χ3n) is 11.6. The van der Waals surface area contributed by atoms with E-state index < -0.39 is 0 Å². The number of piperazine rings is 1. The predicted molar refractivity (Wildman–Crippen MR) is 208 cm³/mol. The van der Waals surface area contributed by atoms with Gasteiger partial charge in [0.05, 0.1) is 16.9 Å².